The van der Waals surface area contributed by atoms with Crippen LogP contribution in [-0.2, 0) is 12.8 Å². The van der Waals surface area contributed by atoms with Gasteiger partial charge >= 0.3 is 0 Å². The number of benzene rings is 1. The highest BCUT2D eigenvalue weighted by atomic mass is 32.1. The first-order chi connectivity index (χ1) is 10.1. The summed E-state index contributed by atoms with van der Waals surface area (Å²) < 4.78 is 1.72. The first-order valence-electron chi connectivity index (χ1n) is 6.56. The Hall–Kier alpha value is -2.19. The highest BCUT2D eigenvalue weighted by Gasteiger charge is 2.16. The number of aromatic nitrogens is 4. The number of phenols is 2. The van der Waals surface area contributed by atoms with Gasteiger partial charge in [0.25, 0.3) is 0 Å². The summed E-state index contributed by atoms with van der Waals surface area (Å²) in [5.41, 5.74) is 7.00. The Labute approximate surface area is 124 Å². The smallest absolute Gasteiger partial charge is 0.234 e. The first-order valence-corrected chi connectivity index (χ1v) is 7.37. The maximum Gasteiger partial charge on any atom is 0.234 e. The molecule has 7 nitrogen and oxygen atoms in total. The molecule has 0 aliphatic heterocycles. The number of hydrogen-bond donors (Lipinski definition) is 3. The van der Waals surface area contributed by atoms with Crippen molar-refractivity contribution in [3.8, 4) is 11.5 Å². The quantitative estimate of drug-likeness (QED) is 0.629. The number of aromatic hydroxyl groups is 2. The van der Waals surface area contributed by atoms with Gasteiger partial charge < -0.3 is 15.9 Å². The van der Waals surface area contributed by atoms with Crippen molar-refractivity contribution in [2.45, 2.75) is 25.8 Å². The van der Waals surface area contributed by atoms with Crippen molar-refractivity contribution in [3.63, 3.8) is 0 Å². The molecule has 21 heavy (non-hydrogen) atoms. The monoisotopic (exact) mass is 305 g/mol. The number of nitrogens with zero attached hydrogens (tertiary/aromatic N) is 4. The molecule has 4 N–H and O–H groups in total. The van der Waals surface area contributed by atoms with E-state index >= 15 is 0 Å². The lowest BCUT2D eigenvalue weighted by atomic mass is 10.1. The van der Waals surface area contributed by atoms with Crippen LogP contribution in [0.15, 0.2) is 18.2 Å². The molecular weight excluding hydrogens is 290 g/mol. The Morgan fingerprint density at radius 1 is 1.29 bits per heavy atom. The fourth-order valence-corrected chi connectivity index (χ4v) is 2.94. The minimum absolute atomic E-state index is 0.140. The fraction of sp³-hybridized carbons (Fsp3) is 0.308. The van der Waals surface area contributed by atoms with Gasteiger partial charge in [0.1, 0.15) is 5.01 Å². The van der Waals surface area contributed by atoms with Gasteiger partial charge in [-0.05, 0) is 24.1 Å². The highest BCUT2D eigenvalue weighted by molar-refractivity contribution is 7.16. The van der Waals surface area contributed by atoms with Gasteiger partial charge in [-0.15, -0.1) is 10.2 Å². The molecule has 0 spiro atoms. The lowest BCUT2D eigenvalue weighted by molar-refractivity contribution is 0.403. The zero-order chi connectivity index (χ0) is 15.0. The molecule has 1 aromatic carbocycles. The van der Waals surface area contributed by atoms with E-state index in [9.17, 15) is 10.2 Å². The zero-order valence-electron chi connectivity index (χ0n) is 11.4. The normalized spacial score (nSPS) is 12.9. The van der Waals surface area contributed by atoms with Gasteiger partial charge in [0.05, 0.1) is 6.04 Å². The van der Waals surface area contributed by atoms with Crippen molar-refractivity contribution in [1.82, 2.24) is 19.8 Å². The molecule has 3 aromatic rings. The number of phenolic OH excluding ortho intramolecular Hbond substituents is 2. The van der Waals surface area contributed by atoms with Gasteiger partial charge in [-0.25, -0.2) is 0 Å². The summed E-state index contributed by atoms with van der Waals surface area (Å²) in [6, 6.07) is 4.38. The van der Waals surface area contributed by atoms with Crippen LogP contribution in [0.25, 0.3) is 4.96 Å². The number of fused-ring (bicyclic) bond motifs is 1. The van der Waals surface area contributed by atoms with Crippen LogP contribution in [0.3, 0.4) is 0 Å². The maximum atomic E-state index is 9.51. The van der Waals surface area contributed by atoms with Crippen molar-refractivity contribution in [2.24, 2.45) is 5.73 Å². The van der Waals surface area contributed by atoms with E-state index in [0.717, 1.165) is 27.8 Å². The fourth-order valence-electron chi connectivity index (χ4n) is 2.08. The molecule has 1 unspecified atom stereocenters. The summed E-state index contributed by atoms with van der Waals surface area (Å²) >= 11 is 1.41. The summed E-state index contributed by atoms with van der Waals surface area (Å²) in [6.45, 7) is 1.99. The molecule has 0 aliphatic carbocycles. The number of aryl methyl sites for hydroxylation is 1. The molecular formula is C13H15N5O2S. The first kappa shape index (κ1) is 13.8. The molecule has 8 heteroatoms. The molecule has 2 aromatic heterocycles. The average molecular weight is 305 g/mol. The van der Waals surface area contributed by atoms with Gasteiger partial charge in [-0.3, -0.25) is 0 Å². The van der Waals surface area contributed by atoms with E-state index in [1.54, 1.807) is 10.6 Å². The number of rotatable bonds is 4. The summed E-state index contributed by atoms with van der Waals surface area (Å²) in [4.78, 5) is 0.728. The molecule has 1 atom stereocenters. The third kappa shape index (κ3) is 2.55. The molecule has 0 amide bonds. The van der Waals surface area contributed by atoms with E-state index in [2.05, 4.69) is 15.3 Å². The van der Waals surface area contributed by atoms with E-state index in [0.29, 0.717) is 6.42 Å². The molecule has 0 bridgehead atoms. The average Bonchev–Trinajstić information content (AvgIpc) is 3.02. The van der Waals surface area contributed by atoms with Crippen LogP contribution in [0.2, 0.25) is 0 Å². The van der Waals surface area contributed by atoms with Gasteiger partial charge in [-0.1, -0.05) is 24.3 Å². The van der Waals surface area contributed by atoms with E-state index in [1.807, 2.05) is 6.92 Å². The third-order valence-electron chi connectivity index (χ3n) is 3.20. The highest BCUT2D eigenvalue weighted by Crippen LogP contribution is 2.28. The van der Waals surface area contributed by atoms with E-state index in [1.165, 1.54) is 23.5 Å². The van der Waals surface area contributed by atoms with Crippen molar-refractivity contribution in [1.29, 1.82) is 0 Å². The van der Waals surface area contributed by atoms with Crippen LogP contribution in [0, 0.1) is 0 Å². The van der Waals surface area contributed by atoms with Crippen LogP contribution >= 0.6 is 11.3 Å². The summed E-state index contributed by atoms with van der Waals surface area (Å²) in [5, 5.41) is 32.1. The van der Waals surface area contributed by atoms with Gasteiger partial charge in [0.15, 0.2) is 17.3 Å². The zero-order valence-corrected chi connectivity index (χ0v) is 12.2. The van der Waals surface area contributed by atoms with Crippen molar-refractivity contribution in [2.75, 3.05) is 0 Å². The standard InChI is InChI=1S/C13H15N5O2S/c1-2-11-15-16-13-18(11)17-12(21-13)8(14)5-7-3-4-9(19)10(20)6-7/h3-4,6,8,19-20H,2,5,14H2,1H3. The van der Waals surface area contributed by atoms with Crippen LogP contribution in [0.5, 0.6) is 11.5 Å². The van der Waals surface area contributed by atoms with Crippen molar-refractivity contribution in [3.05, 3.63) is 34.6 Å². The molecule has 0 radical (unpaired) electrons. The Kier molecular flexibility index (Phi) is 3.48. The van der Waals surface area contributed by atoms with Crippen molar-refractivity contribution < 1.29 is 10.2 Å². The van der Waals surface area contributed by atoms with Crippen LogP contribution in [0.4, 0.5) is 0 Å². The third-order valence-corrected chi connectivity index (χ3v) is 4.23. The summed E-state index contributed by atoms with van der Waals surface area (Å²) in [7, 11) is 0. The minimum Gasteiger partial charge on any atom is -0.504 e. The minimum atomic E-state index is -0.301. The van der Waals surface area contributed by atoms with Crippen LogP contribution in [-0.4, -0.2) is 30.0 Å². The van der Waals surface area contributed by atoms with Crippen molar-refractivity contribution >= 4 is 16.3 Å². The molecule has 0 fully saturated rings. The molecule has 3 rings (SSSR count). The summed E-state index contributed by atoms with van der Waals surface area (Å²) in [5.74, 6) is 0.520. The lowest BCUT2D eigenvalue weighted by Crippen LogP contribution is -2.13. The van der Waals surface area contributed by atoms with E-state index < -0.39 is 0 Å². The van der Waals surface area contributed by atoms with Crippen LogP contribution in [0.1, 0.15) is 29.4 Å². The maximum absolute atomic E-state index is 9.51. The lowest BCUT2D eigenvalue weighted by Gasteiger charge is -2.08. The largest absolute Gasteiger partial charge is 0.504 e. The Bertz CT molecular complexity index is 782. The van der Waals surface area contributed by atoms with Gasteiger partial charge in [0, 0.05) is 6.42 Å². The van der Waals surface area contributed by atoms with E-state index in [4.69, 9.17) is 5.73 Å². The Balaban J connectivity index is 1.84. The predicted octanol–water partition coefficient (Wildman–Crippen LogP) is 1.40. The number of nitrogens with two attached hydrogens (primary N) is 1. The Morgan fingerprint density at radius 2 is 2.10 bits per heavy atom. The van der Waals surface area contributed by atoms with Crippen LogP contribution < -0.4 is 5.73 Å². The molecule has 110 valence electrons. The second-order valence-corrected chi connectivity index (χ2v) is 5.73. The Morgan fingerprint density at radius 3 is 2.81 bits per heavy atom. The van der Waals surface area contributed by atoms with E-state index in [-0.39, 0.29) is 17.5 Å². The second-order valence-electron chi connectivity index (χ2n) is 4.74. The predicted molar refractivity (Wildman–Crippen MR) is 78.4 cm³/mol. The molecule has 2 heterocycles. The van der Waals surface area contributed by atoms with Gasteiger partial charge in [0.2, 0.25) is 4.96 Å². The summed E-state index contributed by atoms with van der Waals surface area (Å²) in [6.07, 6.45) is 1.27. The number of hydrogen-bond acceptors (Lipinski definition) is 7. The van der Waals surface area contributed by atoms with Gasteiger partial charge in [-0.2, -0.15) is 9.61 Å². The topological polar surface area (TPSA) is 110 Å². The second kappa shape index (κ2) is 5.30. The molecule has 0 aliphatic rings. The molecule has 0 saturated heterocycles. The SMILES string of the molecule is CCc1nnc2sc(C(N)Cc3ccc(O)c(O)c3)nn12. The molecule has 0 saturated carbocycles.